The lowest BCUT2D eigenvalue weighted by Crippen LogP contribution is -2.48. The van der Waals surface area contributed by atoms with Gasteiger partial charge in [-0.05, 0) is 37.0 Å². The fraction of sp³-hybridized carbons (Fsp3) is 0.440. The fourth-order valence-electron chi connectivity index (χ4n) is 4.75. The van der Waals surface area contributed by atoms with Crippen molar-refractivity contribution in [2.45, 2.75) is 50.7 Å². The van der Waals surface area contributed by atoms with Crippen molar-refractivity contribution in [2.75, 3.05) is 18.1 Å². The molecule has 2 aliphatic rings. The molecule has 4 rings (SSSR count). The first-order valence-electron chi connectivity index (χ1n) is 11.5. The van der Waals surface area contributed by atoms with Gasteiger partial charge in [0, 0.05) is 18.6 Å². The van der Waals surface area contributed by atoms with E-state index in [1.165, 1.54) is 0 Å². The molecule has 1 aliphatic heterocycles. The summed E-state index contributed by atoms with van der Waals surface area (Å²) in [6.07, 6.45) is 4.34. The minimum Gasteiger partial charge on any atom is -0.483 e. The maximum atomic E-state index is 13.2. The number of sulfone groups is 1. The van der Waals surface area contributed by atoms with Gasteiger partial charge in [0.1, 0.15) is 5.75 Å². The van der Waals surface area contributed by atoms with E-state index in [1.807, 2.05) is 30.3 Å². The Hall–Kier alpha value is -2.87. The summed E-state index contributed by atoms with van der Waals surface area (Å²) in [5.74, 6) is -0.0190. The van der Waals surface area contributed by atoms with Crippen LogP contribution in [0.5, 0.6) is 5.75 Å². The number of benzene rings is 2. The van der Waals surface area contributed by atoms with Gasteiger partial charge >= 0.3 is 0 Å². The van der Waals surface area contributed by atoms with E-state index in [2.05, 4.69) is 5.32 Å². The van der Waals surface area contributed by atoms with E-state index in [9.17, 15) is 18.0 Å². The standard InChI is InChI=1S/C25H30N2O5S/c28-24(27(20-10-4-5-11-20)21-14-15-33(30,31)18-21)17-32-23-13-7-6-12-22(23)25(29)26-16-19-8-2-1-3-9-19/h1-3,6-9,12-13,20-21H,4-5,10-11,14-18H2,(H,26,29)/t21-/m1/s1. The average molecular weight is 471 g/mol. The molecule has 1 atom stereocenters. The summed E-state index contributed by atoms with van der Waals surface area (Å²) in [4.78, 5) is 27.7. The van der Waals surface area contributed by atoms with Crippen LogP contribution < -0.4 is 10.1 Å². The van der Waals surface area contributed by atoms with E-state index < -0.39 is 9.84 Å². The van der Waals surface area contributed by atoms with Crippen LogP contribution in [0.25, 0.3) is 0 Å². The SMILES string of the molecule is O=C(NCc1ccccc1)c1ccccc1OCC(=O)N(C1CCCC1)[C@@H]1CCS(=O)(=O)C1. The molecule has 2 fully saturated rings. The van der Waals surface area contributed by atoms with E-state index >= 15 is 0 Å². The van der Waals surface area contributed by atoms with Gasteiger partial charge in [0.25, 0.3) is 11.8 Å². The molecule has 2 amide bonds. The second kappa shape index (κ2) is 10.4. The number of amides is 2. The maximum absolute atomic E-state index is 13.2. The summed E-state index contributed by atoms with van der Waals surface area (Å²) in [5, 5.41) is 2.88. The number of hydrogen-bond donors (Lipinski definition) is 1. The molecule has 0 unspecified atom stereocenters. The zero-order valence-corrected chi connectivity index (χ0v) is 19.4. The van der Waals surface area contributed by atoms with Gasteiger partial charge in [0.2, 0.25) is 0 Å². The molecule has 176 valence electrons. The second-order valence-electron chi connectivity index (χ2n) is 8.75. The van der Waals surface area contributed by atoms with Crippen LogP contribution in [-0.2, 0) is 21.2 Å². The highest BCUT2D eigenvalue weighted by Gasteiger charge is 2.39. The van der Waals surface area contributed by atoms with E-state index in [1.54, 1.807) is 29.2 Å². The first-order valence-corrected chi connectivity index (χ1v) is 13.3. The van der Waals surface area contributed by atoms with Gasteiger partial charge in [-0.3, -0.25) is 9.59 Å². The molecule has 1 saturated carbocycles. The molecule has 2 aromatic carbocycles. The monoisotopic (exact) mass is 470 g/mol. The third kappa shape index (κ3) is 5.93. The number of rotatable bonds is 8. The predicted molar refractivity (Wildman–Crippen MR) is 126 cm³/mol. The molecule has 1 N–H and O–H groups in total. The molecule has 1 aliphatic carbocycles. The first kappa shape index (κ1) is 23.3. The Morgan fingerprint density at radius 1 is 0.939 bits per heavy atom. The Balaban J connectivity index is 1.42. The highest BCUT2D eigenvalue weighted by molar-refractivity contribution is 7.91. The molecule has 0 bridgehead atoms. The molecule has 0 radical (unpaired) electrons. The number of carbonyl (C=O) groups is 2. The largest absolute Gasteiger partial charge is 0.483 e. The molecular formula is C25H30N2O5S. The van der Waals surface area contributed by atoms with Crippen molar-refractivity contribution >= 4 is 21.7 Å². The second-order valence-corrected chi connectivity index (χ2v) is 11.0. The maximum Gasteiger partial charge on any atom is 0.261 e. The molecule has 0 aromatic heterocycles. The number of carbonyl (C=O) groups excluding carboxylic acids is 2. The smallest absolute Gasteiger partial charge is 0.261 e. The summed E-state index contributed by atoms with van der Waals surface area (Å²) < 4.78 is 29.9. The van der Waals surface area contributed by atoms with E-state index in [4.69, 9.17) is 4.74 Å². The molecule has 1 saturated heterocycles. The number of ether oxygens (including phenoxy) is 1. The van der Waals surface area contributed by atoms with Crippen molar-refractivity contribution in [3.05, 3.63) is 65.7 Å². The Kier molecular flexibility index (Phi) is 7.33. The lowest BCUT2D eigenvalue weighted by atomic mass is 10.1. The topological polar surface area (TPSA) is 92.8 Å². The summed E-state index contributed by atoms with van der Waals surface area (Å²) >= 11 is 0. The number of nitrogens with zero attached hydrogens (tertiary/aromatic N) is 1. The van der Waals surface area contributed by atoms with Crippen molar-refractivity contribution in [2.24, 2.45) is 0 Å². The zero-order valence-electron chi connectivity index (χ0n) is 18.6. The number of nitrogens with one attached hydrogen (secondary N) is 1. The Morgan fingerprint density at radius 3 is 2.33 bits per heavy atom. The Labute approximate surface area is 195 Å². The van der Waals surface area contributed by atoms with Crippen molar-refractivity contribution < 1.29 is 22.7 Å². The minimum absolute atomic E-state index is 0.0215. The van der Waals surface area contributed by atoms with E-state index in [-0.39, 0.29) is 42.0 Å². The number of hydrogen-bond acceptors (Lipinski definition) is 5. The Bertz CT molecular complexity index is 1080. The van der Waals surface area contributed by atoms with Gasteiger partial charge in [0.15, 0.2) is 16.4 Å². The lowest BCUT2D eigenvalue weighted by molar-refractivity contribution is -0.137. The highest BCUT2D eigenvalue weighted by Crippen LogP contribution is 2.29. The first-order chi connectivity index (χ1) is 15.9. The quantitative estimate of drug-likeness (QED) is 0.640. The van der Waals surface area contributed by atoms with Gasteiger partial charge in [0.05, 0.1) is 17.1 Å². The van der Waals surface area contributed by atoms with Crippen LogP contribution in [0.3, 0.4) is 0 Å². The van der Waals surface area contributed by atoms with Crippen LogP contribution in [0.1, 0.15) is 48.0 Å². The van der Waals surface area contributed by atoms with Crippen LogP contribution in [-0.4, -0.2) is 55.3 Å². The van der Waals surface area contributed by atoms with Gasteiger partial charge in [-0.2, -0.15) is 0 Å². The molecular weight excluding hydrogens is 440 g/mol. The average Bonchev–Trinajstić information content (AvgIpc) is 3.47. The molecule has 2 aromatic rings. The summed E-state index contributed by atoms with van der Waals surface area (Å²) in [6.45, 7) is 0.161. The summed E-state index contributed by atoms with van der Waals surface area (Å²) in [5.41, 5.74) is 1.34. The van der Waals surface area contributed by atoms with Crippen molar-refractivity contribution in [1.29, 1.82) is 0 Å². The van der Waals surface area contributed by atoms with Gasteiger partial charge in [-0.25, -0.2) is 8.42 Å². The molecule has 7 nitrogen and oxygen atoms in total. The molecule has 8 heteroatoms. The zero-order chi connectivity index (χ0) is 23.3. The predicted octanol–water partition coefficient (Wildman–Crippen LogP) is 2.95. The fourth-order valence-corrected chi connectivity index (χ4v) is 6.46. The molecule has 33 heavy (non-hydrogen) atoms. The molecule has 1 heterocycles. The van der Waals surface area contributed by atoms with Crippen LogP contribution in [0.15, 0.2) is 54.6 Å². The minimum atomic E-state index is -3.11. The van der Waals surface area contributed by atoms with Crippen LogP contribution in [0, 0.1) is 0 Å². The van der Waals surface area contributed by atoms with Crippen LogP contribution >= 0.6 is 0 Å². The lowest BCUT2D eigenvalue weighted by Gasteiger charge is -2.34. The van der Waals surface area contributed by atoms with Crippen molar-refractivity contribution in [3.8, 4) is 5.75 Å². The van der Waals surface area contributed by atoms with Gasteiger partial charge in [-0.15, -0.1) is 0 Å². The summed E-state index contributed by atoms with van der Waals surface area (Å²) in [7, 11) is -3.11. The normalized spacial score (nSPS) is 19.8. The van der Waals surface area contributed by atoms with E-state index in [0.717, 1.165) is 31.2 Å². The molecule has 0 spiro atoms. The number of para-hydroxylation sites is 1. The highest BCUT2D eigenvalue weighted by atomic mass is 32.2. The third-order valence-corrected chi connectivity index (χ3v) is 8.14. The third-order valence-electron chi connectivity index (χ3n) is 6.39. The van der Waals surface area contributed by atoms with Crippen LogP contribution in [0.4, 0.5) is 0 Å². The summed E-state index contributed by atoms with van der Waals surface area (Å²) in [6, 6.07) is 16.2. The Morgan fingerprint density at radius 2 is 1.64 bits per heavy atom. The van der Waals surface area contributed by atoms with E-state index in [0.29, 0.717) is 24.3 Å². The van der Waals surface area contributed by atoms with Gasteiger partial charge < -0.3 is 15.0 Å². The van der Waals surface area contributed by atoms with Crippen molar-refractivity contribution in [3.63, 3.8) is 0 Å². The van der Waals surface area contributed by atoms with Crippen molar-refractivity contribution in [1.82, 2.24) is 10.2 Å². The van der Waals surface area contributed by atoms with Gasteiger partial charge in [-0.1, -0.05) is 55.3 Å². The van der Waals surface area contributed by atoms with Crippen LogP contribution in [0.2, 0.25) is 0 Å².